The van der Waals surface area contributed by atoms with Crippen LogP contribution in [-0.4, -0.2) is 63.3 Å². The second kappa shape index (κ2) is 7.98. The molecule has 2 aliphatic rings. The second-order valence-electron chi connectivity index (χ2n) is 7.01. The molecule has 2 aromatic rings. The molecule has 0 bridgehead atoms. The maximum absolute atomic E-state index is 12.6. The Bertz CT molecular complexity index is 755. The molecule has 4 rings (SSSR count). The van der Waals surface area contributed by atoms with Gasteiger partial charge in [0.1, 0.15) is 5.82 Å². The number of aromatic amines is 1. The number of amides is 1. The molecular weight excluding hydrogens is 370 g/mol. The minimum Gasteiger partial charge on any atom is -0.341 e. The SMILES string of the molecule is Cc1nc(SCC(=O)N2C[C@@H]3CN(C)[C@@H](c4ccccc4)[C@@H]3C2)n[nH]1.Cl. The number of aryl methyl sites for hydroxylation is 1. The first kappa shape index (κ1) is 19.2. The summed E-state index contributed by atoms with van der Waals surface area (Å²) >= 11 is 1.41. The van der Waals surface area contributed by atoms with Crippen LogP contribution in [0.1, 0.15) is 17.4 Å². The number of likely N-dealkylation sites (tertiary alicyclic amines) is 2. The van der Waals surface area contributed by atoms with Crippen LogP contribution < -0.4 is 0 Å². The molecule has 6 nitrogen and oxygen atoms in total. The maximum Gasteiger partial charge on any atom is 0.233 e. The number of rotatable bonds is 4. The highest BCUT2D eigenvalue weighted by Crippen LogP contribution is 2.44. The third-order valence-electron chi connectivity index (χ3n) is 5.29. The highest BCUT2D eigenvalue weighted by Gasteiger charge is 2.47. The molecule has 1 amide bonds. The fourth-order valence-electron chi connectivity index (χ4n) is 4.22. The van der Waals surface area contributed by atoms with Gasteiger partial charge in [-0.05, 0) is 25.5 Å². The maximum atomic E-state index is 12.6. The highest BCUT2D eigenvalue weighted by molar-refractivity contribution is 7.99. The van der Waals surface area contributed by atoms with E-state index in [4.69, 9.17) is 0 Å². The van der Waals surface area contributed by atoms with Crippen LogP contribution in [-0.2, 0) is 4.79 Å². The molecule has 2 saturated heterocycles. The van der Waals surface area contributed by atoms with E-state index in [1.54, 1.807) is 0 Å². The number of nitrogens with zero attached hydrogens (tertiary/aromatic N) is 4. The quantitative estimate of drug-likeness (QED) is 0.808. The summed E-state index contributed by atoms with van der Waals surface area (Å²) in [6.07, 6.45) is 0. The lowest BCUT2D eigenvalue weighted by Crippen LogP contribution is -2.34. The Balaban J connectivity index is 0.00000196. The average Bonchev–Trinajstić information content (AvgIpc) is 3.27. The summed E-state index contributed by atoms with van der Waals surface area (Å²) in [6, 6.07) is 11.1. The number of carbonyl (C=O) groups is 1. The van der Waals surface area contributed by atoms with Gasteiger partial charge in [-0.25, -0.2) is 4.98 Å². The Morgan fingerprint density at radius 1 is 1.27 bits per heavy atom. The number of thioether (sulfide) groups is 1. The minimum absolute atomic E-state index is 0. The van der Waals surface area contributed by atoms with Gasteiger partial charge in [0.25, 0.3) is 0 Å². The van der Waals surface area contributed by atoms with E-state index in [9.17, 15) is 4.79 Å². The molecule has 0 unspecified atom stereocenters. The van der Waals surface area contributed by atoms with Crippen LogP contribution >= 0.6 is 24.2 Å². The molecule has 2 fully saturated rings. The van der Waals surface area contributed by atoms with E-state index >= 15 is 0 Å². The smallest absolute Gasteiger partial charge is 0.233 e. The summed E-state index contributed by atoms with van der Waals surface area (Å²) in [5.41, 5.74) is 1.36. The molecule has 1 N–H and O–H groups in total. The molecule has 3 atom stereocenters. The Labute approximate surface area is 164 Å². The summed E-state index contributed by atoms with van der Waals surface area (Å²) in [4.78, 5) is 21.3. The predicted octanol–water partition coefficient (Wildman–Crippen LogP) is 2.39. The van der Waals surface area contributed by atoms with Gasteiger partial charge in [-0.15, -0.1) is 17.5 Å². The molecule has 26 heavy (non-hydrogen) atoms. The summed E-state index contributed by atoms with van der Waals surface area (Å²) in [7, 11) is 2.20. The van der Waals surface area contributed by atoms with Crippen LogP contribution in [0.4, 0.5) is 0 Å². The second-order valence-corrected chi connectivity index (χ2v) is 7.95. The van der Waals surface area contributed by atoms with E-state index in [0.29, 0.717) is 28.8 Å². The number of hydrogen-bond donors (Lipinski definition) is 1. The van der Waals surface area contributed by atoms with Gasteiger partial charge >= 0.3 is 0 Å². The molecule has 0 spiro atoms. The number of fused-ring (bicyclic) bond motifs is 1. The van der Waals surface area contributed by atoms with E-state index in [1.165, 1.54) is 17.3 Å². The van der Waals surface area contributed by atoms with Crippen molar-refractivity contribution in [2.24, 2.45) is 11.8 Å². The Hall–Kier alpha value is -1.57. The molecular formula is C18H24ClN5OS. The number of carbonyl (C=O) groups excluding carboxylic acids is 1. The fourth-order valence-corrected chi connectivity index (χ4v) is 4.96. The predicted molar refractivity (Wildman–Crippen MR) is 104 cm³/mol. The first-order valence-electron chi connectivity index (χ1n) is 8.66. The summed E-state index contributed by atoms with van der Waals surface area (Å²) in [6.45, 7) is 4.63. The topological polar surface area (TPSA) is 65.1 Å². The van der Waals surface area contributed by atoms with Crippen LogP contribution in [0.25, 0.3) is 0 Å². The zero-order valence-electron chi connectivity index (χ0n) is 15.0. The zero-order chi connectivity index (χ0) is 17.4. The van der Waals surface area contributed by atoms with Gasteiger partial charge in [0.15, 0.2) is 0 Å². The molecule has 0 aliphatic carbocycles. The average molecular weight is 394 g/mol. The lowest BCUT2D eigenvalue weighted by molar-refractivity contribution is -0.127. The van der Waals surface area contributed by atoms with Crippen molar-refractivity contribution in [1.82, 2.24) is 25.0 Å². The van der Waals surface area contributed by atoms with Crippen LogP contribution in [0.2, 0.25) is 0 Å². The summed E-state index contributed by atoms with van der Waals surface area (Å²) in [5, 5.41) is 7.54. The normalized spacial score (nSPS) is 25.2. The molecule has 8 heteroatoms. The van der Waals surface area contributed by atoms with Gasteiger partial charge in [0.05, 0.1) is 5.75 Å². The van der Waals surface area contributed by atoms with Crippen molar-refractivity contribution in [3.05, 3.63) is 41.7 Å². The van der Waals surface area contributed by atoms with Crippen molar-refractivity contribution in [1.29, 1.82) is 0 Å². The number of H-pyrrole nitrogens is 1. The monoisotopic (exact) mass is 393 g/mol. The fraction of sp³-hybridized carbons (Fsp3) is 0.500. The Morgan fingerprint density at radius 2 is 2.04 bits per heavy atom. The van der Waals surface area contributed by atoms with Gasteiger partial charge in [-0.2, -0.15) is 0 Å². The molecule has 140 valence electrons. The standard InChI is InChI=1S/C18H23N5OS.ClH/c1-12-19-18(21-20-12)25-11-16(24)23-9-14-8-22(2)17(15(14)10-23)13-6-4-3-5-7-13;/h3-7,14-15,17H,8-11H2,1-2H3,(H,19,20,21);1H/t14-,15+,17-;/m0./s1. The number of nitrogens with one attached hydrogen (secondary N) is 1. The first-order valence-corrected chi connectivity index (χ1v) is 9.65. The van der Waals surface area contributed by atoms with Crippen LogP contribution in [0.15, 0.2) is 35.5 Å². The van der Waals surface area contributed by atoms with E-state index < -0.39 is 0 Å². The molecule has 0 saturated carbocycles. The van der Waals surface area contributed by atoms with Crippen molar-refractivity contribution in [2.75, 3.05) is 32.4 Å². The van der Waals surface area contributed by atoms with E-state index in [1.807, 2.05) is 11.8 Å². The van der Waals surface area contributed by atoms with Crippen molar-refractivity contribution in [3.63, 3.8) is 0 Å². The summed E-state index contributed by atoms with van der Waals surface area (Å²) in [5.74, 6) is 2.46. The van der Waals surface area contributed by atoms with E-state index in [0.717, 1.165) is 25.5 Å². The number of benzene rings is 1. The van der Waals surface area contributed by atoms with Crippen molar-refractivity contribution in [3.8, 4) is 0 Å². The van der Waals surface area contributed by atoms with E-state index in [2.05, 4.69) is 57.5 Å². The minimum atomic E-state index is 0. The molecule has 1 aromatic carbocycles. The molecule has 3 heterocycles. The molecule has 1 aromatic heterocycles. The number of aromatic nitrogens is 3. The lowest BCUT2D eigenvalue weighted by atomic mass is 9.90. The third kappa shape index (κ3) is 3.75. The lowest BCUT2D eigenvalue weighted by Gasteiger charge is -2.26. The van der Waals surface area contributed by atoms with Crippen LogP contribution in [0.3, 0.4) is 0 Å². The first-order chi connectivity index (χ1) is 12.1. The van der Waals surface area contributed by atoms with Crippen molar-refractivity contribution < 1.29 is 4.79 Å². The molecule has 0 radical (unpaired) electrons. The van der Waals surface area contributed by atoms with Crippen LogP contribution in [0.5, 0.6) is 0 Å². The van der Waals surface area contributed by atoms with Gasteiger partial charge in [-0.1, -0.05) is 42.1 Å². The Morgan fingerprint density at radius 3 is 2.73 bits per heavy atom. The zero-order valence-corrected chi connectivity index (χ0v) is 16.6. The summed E-state index contributed by atoms with van der Waals surface area (Å²) < 4.78 is 0. The van der Waals surface area contributed by atoms with Crippen molar-refractivity contribution >= 4 is 30.1 Å². The highest BCUT2D eigenvalue weighted by atomic mass is 35.5. The van der Waals surface area contributed by atoms with Gasteiger partial charge in [0, 0.05) is 31.6 Å². The number of hydrogen-bond acceptors (Lipinski definition) is 5. The van der Waals surface area contributed by atoms with Crippen molar-refractivity contribution in [2.45, 2.75) is 18.1 Å². The largest absolute Gasteiger partial charge is 0.341 e. The van der Waals surface area contributed by atoms with Crippen LogP contribution in [0, 0.1) is 18.8 Å². The van der Waals surface area contributed by atoms with Gasteiger partial charge < -0.3 is 4.90 Å². The van der Waals surface area contributed by atoms with Gasteiger partial charge in [-0.3, -0.25) is 14.8 Å². The third-order valence-corrected chi connectivity index (χ3v) is 6.12. The Kier molecular flexibility index (Phi) is 5.89. The van der Waals surface area contributed by atoms with Gasteiger partial charge in [0.2, 0.25) is 11.1 Å². The van der Waals surface area contributed by atoms with E-state index in [-0.39, 0.29) is 18.3 Å². The number of halogens is 1. The molecule has 2 aliphatic heterocycles.